The number of hydrogen-bond donors (Lipinski definition) is 2. The Hall–Kier alpha value is -1.55. The van der Waals surface area contributed by atoms with Gasteiger partial charge in [-0.25, -0.2) is 0 Å². The fourth-order valence-electron chi connectivity index (χ4n) is 2.75. The van der Waals surface area contributed by atoms with Gasteiger partial charge in [0.25, 0.3) is 5.91 Å². The second-order valence-corrected chi connectivity index (χ2v) is 4.94. The fourth-order valence-corrected chi connectivity index (χ4v) is 2.75. The molecule has 2 aliphatic rings. The molecule has 90 valence electrons. The van der Waals surface area contributed by atoms with Gasteiger partial charge in [0.2, 0.25) is 0 Å². The minimum atomic E-state index is -0.0390. The molecule has 1 aromatic carbocycles. The third kappa shape index (κ3) is 1.69. The van der Waals surface area contributed by atoms with Crippen molar-refractivity contribution in [2.75, 3.05) is 25.0 Å². The summed E-state index contributed by atoms with van der Waals surface area (Å²) in [6, 6.07) is 8.20. The SMILES string of the molecule is CNC(=O)c1ccc(N2CC3C(N)C3C2)cc1. The van der Waals surface area contributed by atoms with Crippen LogP contribution in [-0.2, 0) is 0 Å². The van der Waals surface area contributed by atoms with Gasteiger partial charge in [0.1, 0.15) is 0 Å². The summed E-state index contributed by atoms with van der Waals surface area (Å²) in [5.41, 5.74) is 7.81. The lowest BCUT2D eigenvalue weighted by atomic mass is 10.2. The maximum Gasteiger partial charge on any atom is 0.251 e. The first-order valence-corrected chi connectivity index (χ1v) is 6.03. The summed E-state index contributed by atoms with van der Waals surface area (Å²) in [6.07, 6.45) is 0. The molecule has 0 spiro atoms. The molecule has 3 rings (SSSR count). The Morgan fingerprint density at radius 2 is 1.88 bits per heavy atom. The standard InChI is InChI=1S/C13H17N3O/c1-15-13(17)8-2-4-9(5-3-8)16-6-10-11(7-16)12(10)14/h2-5,10-12H,6-7,14H2,1H3,(H,15,17). The maximum absolute atomic E-state index is 11.4. The molecule has 1 aromatic rings. The van der Waals surface area contributed by atoms with Gasteiger partial charge in [-0.1, -0.05) is 0 Å². The molecule has 1 amide bonds. The number of hydrogen-bond acceptors (Lipinski definition) is 3. The zero-order valence-corrected chi connectivity index (χ0v) is 9.89. The fraction of sp³-hybridized carbons (Fsp3) is 0.462. The monoisotopic (exact) mass is 231 g/mol. The highest BCUT2D eigenvalue weighted by Gasteiger charge is 2.53. The predicted molar refractivity (Wildman–Crippen MR) is 67.0 cm³/mol. The third-order valence-electron chi connectivity index (χ3n) is 3.98. The number of piperidine rings is 1. The molecule has 1 heterocycles. The van der Waals surface area contributed by atoms with E-state index in [4.69, 9.17) is 5.73 Å². The largest absolute Gasteiger partial charge is 0.371 e. The molecule has 2 atom stereocenters. The van der Waals surface area contributed by atoms with Crippen molar-refractivity contribution in [3.05, 3.63) is 29.8 Å². The van der Waals surface area contributed by atoms with Crippen molar-refractivity contribution in [3.63, 3.8) is 0 Å². The van der Waals surface area contributed by atoms with Crippen LogP contribution in [0.25, 0.3) is 0 Å². The highest BCUT2D eigenvalue weighted by atomic mass is 16.1. The zero-order chi connectivity index (χ0) is 12.0. The van der Waals surface area contributed by atoms with Crippen LogP contribution in [0, 0.1) is 11.8 Å². The Kier molecular flexibility index (Phi) is 2.33. The molecule has 4 heteroatoms. The van der Waals surface area contributed by atoms with Gasteiger partial charge in [0.05, 0.1) is 0 Å². The van der Waals surface area contributed by atoms with Crippen LogP contribution < -0.4 is 16.0 Å². The quantitative estimate of drug-likeness (QED) is 0.776. The molecule has 1 aliphatic heterocycles. The molecule has 1 saturated carbocycles. The van der Waals surface area contributed by atoms with Crippen LogP contribution in [0.5, 0.6) is 0 Å². The Balaban J connectivity index is 1.71. The van der Waals surface area contributed by atoms with Gasteiger partial charge in [0.15, 0.2) is 0 Å². The van der Waals surface area contributed by atoms with Gasteiger partial charge in [-0.3, -0.25) is 4.79 Å². The lowest BCUT2D eigenvalue weighted by Crippen LogP contribution is -2.28. The van der Waals surface area contributed by atoms with Gasteiger partial charge < -0.3 is 16.0 Å². The number of anilines is 1. The maximum atomic E-state index is 11.4. The van der Waals surface area contributed by atoms with Crippen LogP contribution >= 0.6 is 0 Å². The van der Waals surface area contributed by atoms with Crippen LogP contribution in [0.15, 0.2) is 24.3 Å². The van der Waals surface area contributed by atoms with Crippen molar-refractivity contribution < 1.29 is 4.79 Å². The Morgan fingerprint density at radius 1 is 1.29 bits per heavy atom. The molecule has 0 aromatic heterocycles. The highest BCUT2D eigenvalue weighted by molar-refractivity contribution is 5.94. The summed E-state index contributed by atoms with van der Waals surface area (Å²) in [6.45, 7) is 2.12. The van der Waals surface area contributed by atoms with Gasteiger partial charge in [-0.05, 0) is 36.1 Å². The van der Waals surface area contributed by atoms with E-state index in [1.807, 2.05) is 24.3 Å². The first-order chi connectivity index (χ1) is 8.20. The van der Waals surface area contributed by atoms with Crippen molar-refractivity contribution in [1.82, 2.24) is 5.32 Å². The molecule has 17 heavy (non-hydrogen) atoms. The number of nitrogens with two attached hydrogens (primary N) is 1. The minimum absolute atomic E-state index is 0.0390. The molecule has 1 aliphatic carbocycles. The molecular weight excluding hydrogens is 214 g/mol. The van der Waals surface area contributed by atoms with Crippen molar-refractivity contribution in [3.8, 4) is 0 Å². The number of fused-ring (bicyclic) bond motifs is 1. The van der Waals surface area contributed by atoms with Crippen molar-refractivity contribution in [1.29, 1.82) is 0 Å². The van der Waals surface area contributed by atoms with E-state index in [0.717, 1.165) is 13.1 Å². The normalized spacial score (nSPS) is 30.0. The molecule has 1 saturated heterocycles. The van der Waals surface area contributed by atoms with E-state index in [2.05, 4.69) is 10.2 Å². The number of nitrogens with zero attached hydrogens (tertiary/aromatic N) is 1. The summed E-state index contributed by atoms with van der Waals surface area (Å²) < 4.78 is 0. The Bertz CT molecular complexity index is 430. The highest BCUT2D eigenvalue weighted by Crippen LogP contribution is 2.45. The first-order valence-electron chi connectivity index (χ1n) is 6.03. The van der Waals surface area contributed by atoms with Crippen LogP contribution in [-0.4, -0.2) is 32.1 Å². The van der Waals surface area contributed by atoms with Crippen molar-refractivity contribution in [2.24, 2.45) is 17.6 Å². The minimum Gasteiger partial charge on any atom is -0.371 e. The molecule has 2 fully saturated rings. The first kappa shape index (κ1) is 10.6. The van der Waals surface area contributed by atoms with E-state index in [-0.39, 0.29) is 5.91 Å². The van der Waals surface area contributed by atoms with Crippen LogP contribution in [0.2, 0.25) is 0 Å². The second-order valence-electron chi connectivity index (χ2n) is 4.94. The lowest BCUT2D eigenvalue weighted by molar-refractivity contribution is 0.0963. The number of benzene rings is 1. The van der Waals surface area contributed by atoms with E-state index in [1.165, 1.54) is 5.69 Å². The molecule has 0 bridgehead atoms. The van der Waals surface area contributed by atoms with Crippen LogP contribution in [0.1, 0.15) is 10.4 Å². The summed E-state index contributed by atoms with van der Waals surface area (Å²) in [5, 5.41) is 2.62. The number of amides is 1. The smallest absolute Gasteiger partial charge is 0.251 e. The molecule has 4 nitrogen and oxygen atoms in total. The van der Waals surface area contributed by atoms with Crippen molar-refractivity contribution >= 4 is 11.6 Å². The van der Waals surface area contributed by atoms with Crippen LogP contribution in [0.3, 0.4) is 0 Å². The van der Waals surface area contributed by atoms with Crippen molar-refractivity contribution in [2.45, 2.75) is 6.04 Å². The number of carbonyl (C=O) groups is 1. The topological polar surface area (TPSA) is 58.4 Å². The van der Waals surface area contributed by atoms with E-state index < -0.39 is 0 Å². The van der Waals surface area contributed by atoms with E-state index in [9.17, 15) is 4.79 Å². The Morgan fingerprint density at radius 3 is 2.41 bits per heavy atom. The average molecular weight is 231 g/mol. The van der Waals surface area contributed by atoms with Crippen LogP contribution in [0.4, 0.5) is 5.69 Å². The van der Waals surface area contributed by atoms with Gasteiger partial charge >= 0.3 is 0 Å². The average Bonchev–Trinajstić information content (AvgIpc) is 2.82. The Labute approximate surface area is 101 Å². The molecule has 3 N–H and O–H groups in total. The second kappa shape index (κ2) is 3.74. The lowest BCUT2D eigenvalue weighted by Gasteiger charge is -2.21. The van der Waals surface area contributed by atoms with Gasteiger partial charge in [0, 0.05) is 37.4 Å². The number of carbonyl (C=O) groups excluding carboxylic acids is 1. The van der Waals surface area contributed by atoms with E-state index in [1.54, 1.807) is 7.05 Å². The summed E-state index contributed by atoms with van der Waals surface area (Å²) in [4.78, 5) is 13.8. The number of rotatable bonds is 2. The molecule has 2 unspecified atom stereocenters. The third-order valence-corrected chi connectivity index (χ3v) is 3.98. The van der Waals surface area contributed by atoms with Gasteiger partial charge in [-0.2, -0.15) is 0 Å². The van der Waals surface area contributed by atoms with Gasteiger partial charge in [-0.15, -0.1) is 0 Å². The predicted octanol–water partition coefficient (Wildman–Crippen LogP) is 0.440. The molecular formula is C13H17N3O. The number of nitrogens with one attached hydrogen (secondary N) is 1. The molecule has 0 radical (unpaired) electrons. The van der Waals surface area contributed by atoms with E-state index >= 15 is 0 Å². The summed E-state index contributed by atoms with van der Waals surface area (Å²) in [5.74, 6) is 1.34. The summed E-state index contributed by atoms with van der Waals surface area (Å²) in [7, 11) is 1.64. The van der Waals surface area contributed by atoms with E-state index in [0.29, 0.717) is 23.4 Å². The summed E-state index contributed by atoms with van der Waals surface area (Å²) >= 11 is 0. The zero-order valence-electron chi connectivity index (χ0n) is 9.89.